The number of anilines is 2. The number of para-hydroxylation sites is 1. The Kier molecular flexibility index (Phi) is 8.83. The van der Waals surface area contributed by atoms with Crippen LogP contribution in [0.2, 0.25) is 0 Å². The Morgan fingerprint density at radius 1 is 0.795 bits per heavy atom. The summed E-state index contributed by atoms with van der Waals surface area (Å²) in [6.45, 7) is 11.4. The van der Waals surface area contributed by atoms with Crippen LogP contribution < -0.4 is 19.6 Å². The molecule has 5 rings (SSSR count). The Hall–Kier alpha value is -4.19. The third kappa shape index (κ3) is 6.08. The lowest BCUT2D eigenvalue weighted by molar-refractivity contribution is 0.483. The second-order valence-electron chi connectivity index (χ2n) is 10.3. The van der Waals surface area contributed by atoms with Crippen LogP contribution in [0.5, 0.6) is 0 Å². The summed E-state index contributed by atoms with van der Waals surface area (Å²) >= 11 is 0. The summed E-state index contributed by atoms with van der Waals surface area (Å²) in [5.74, 6) is 0.525. The Labute approximate surface area is 258 Å². The molecule has 0 aromatic heterocycles. The maximum atomic E-state index is 13.3. The lowest BCUT2D eigenvalue weighted by Crippen LogP contribution is -2.29. The first-order chi connectivity index (χ1) is 21.0. The molecular formula is C33H36N3O6S2+. The summed E-state index contributed by atoms with van der Waals surface area (Å²) in [5, 5.41) is 1.56. The van der Waals surface area contributed by atoms with Crippen LogP contribution >= 0.6 is 0 Å². The van der Waals surface area contributed by atoms with Crippen LogP contribution in [0.1, 0.15) is 27.7 Å². The van der Waals surface area contributed by atoms with Gasteiger partial charge in [-0.15, -0.1) is 0 Å². The Morgan fingerprint density at radius 3 is 2.11 bits per heavy atom. The molecule has 0 spiro atoms. The van der Waals surface area contributed by atoms with Gasteiger partial charge in [-0.1, -0.05) is 24.3 Å². The summed E-state index contributed by atoms with van der Waals surface area (Å²) in [7, 11) is -9.05. The van der Waals surface area contributed by atoms with Gasteiger partial charge in [0.1, 0.15) is 29.3 Å². The van der Waals surface area contributed by atoms with Crippen LogP contribution in [-0.2, 0) is 20.1 Å². The zero-order chi connectivity index (χ0) is 31.6. The van der Waals surface area contributed by atoms with E-state index in [0.717, 1.165) is 43.3 Å². The van der Waals surface area contributed by atoms with E-state index in [1.807, 2.05) is 36.4 Å². The Morgan fingerprint density at radius 2 is 1.48 bits per heavy atom. The van der Waals surface area contributed by atoms with Crippen molar-refractivity contribution in [1.29, 1.82) is 0 Å². The molecule has 9 nitrogen and oxygen atoms in total. The number of sulfonamides is 1. The van der Waals surface area contributed by atoms with Crippen molar-refractivity contribution in [3.8, 4) is 22.5 Å². The zero-order valence-corrected chi connectivity index (χ0v) is 26.7. The van der Waals surface area contributed by atoms with E-state index < -0.39 is 25.0 Å². The van der Waals surface area contributed by atoms with Gasteiger partial charge < -0.3 is 9.32 Å². The van der Waals surface area contributed by atoms with E-state index in [4.69, 9.17) is 4.42 Å². The standard InChI is InChI=1S/C33H35N3O6S2/c1-5-35(6-2)24-14-17-27-30(20-24)42-31-21-25(36(7-3)8-4)15-18-28(31)33(27)29-19-16-26(22-32(29)44(39,40)41)43(37,38)34-23-12-10-9-11-13-23/h9-22,34H,5-8H2,1-4H3/p+1. The quantitative estimate of drug-likeness (QED) is 0.111. The van der Waals surface area contributed by atoms with Gasteiger partial charge in [-0.2, -0.15) is 8.42 Å². The van der Waals surface area contributed by atoms with E-state index in [9.17, 15) is 21.4 Å². The lowest BCUT2D eigenvalue weighted by Gasteiger charge is -2.22. The Balaban J connectivity index is 1.82. The number of benzene rings is 4. The second-order valence-corrected chi connectivity index (χ2v) is 13.4. The minimum atomic E-state index is -4.87. The molecule has 44 heavy (non-hydrogen) atoms. The molecule has 2 aliphatic rings. The van der Waals surface area contributed by atoms with E-state index in [1.165, 1.54) is 12.1 Å². The van der Waals surface area contributed by atoms with Gasteiger partial charge in [0, 0.05) is 58.7 Å². The summed E-state index contributed by atoms with van der Waals surface area (Å²) in [6, 6.07) is 23.5. The minimum absolute atomic E-state index is 0.156. The highest BCUT2D eigenvalue weighted by Gasteiger charge is 2.27. The molecule has 0 atom stereocenters. The van der Waals surface area contributed by atoms with Crippen molar-refractivity contribution in [2.24, 2.45) is 0 Å². The third-order valence-corrected chi connectivity index (χ3v) is 10.1. The molecule has 0 radical (unpaired) electrons. The maximum absolute atomic E-state index is 13.3. The van der Waals surface area contributed by atoms with Crippen molar-refractivity contribution in [2.45, 2.75) is 37.5 Å². The average molecular weight is 635 g/mol. The second kappa shape index (κ2) is 12.4. The van der Waals surface area contributed by atoms with Gasteiger partial charge in [-0.3, -0.25) is 9.27 Å². The topological polar surface area (TPSA) is 120 Å². The molecule has 0 unspecified atom stereocenters. The first-order valence-electron chi connectivity index (χ1n) is 14.5. The fraction of sp³-hybridized carbons (Fsp3) is 0.242. The first-order valence-corrected chi connectivity index (χ1v) is 17.5. The summed E-state index contributed by atoms with van der Waals surface area (Å²) in [5.41, 5.74) is 3.07. The van der Waals surface area contributed by atoms with Crippen molar-refractivity contribution < 1.29 is 25.8 Å². The maximum Gasteiger partial charge on any atom is 0.295 e. The van der Waals surface area contributed by atoms with Gasteiger partial charge in [0.25, 0.3) is 20.1 Å². The molecule has 0 saturated carbocycles. The average Bonchev–Trinajstić information content (AvgIpc) is 3.00. The minimum Gasteiger partial charge on any atom is -0.456 e. The SMILES string of the molecule is CCN(CC)c1ccc2c(-c3ccc(S(=O)(=O)Nc4ccccc4)cc3S(=O)(=O)O)c3ccc(=[N+](CC)CC)cc-3oc2c1. The highest BCUT2D eigenvalue weighted by molar-refractivity contribution is 7.92. The molecule has 0 saturated heterocycles. The first kappa shape index (κ1) is 31.2. The number of hydrogen-bond donors (Lipinski definition) is 2. The van der Waals surface area contributed by atoms with Gasteiger partial charge in [-0.05, 0) is 70.2 Å². The van der Waals surface area contributed by atoms with Crippen LogP contribution in [-0.4, -0.2) is 47.6 Å². The summed E-state index contributed by atoms with van der Waals surface area (Å²) in [6.07, 6.45) is 0. The van der Waals surface area contributed by atoms with Crippen molar-refractivity contribution in [2.75, 3.05) is 35.8 Å². The van der Waals surface area contributed by atoms with Gasteiger partial charge in [0.05, 0.1) is 11.0 Å². The van der Waals surface area contributed by atoms with Crippen molar-refractivity contribution in [1.82, 2.24) is 4.58 Å². The zero-order valence-electron chi connectivity index (χ0n) is 25.1. The fourth-order valence-corrected chi connectivity index (χ4v) is 7.42. The van der Waals surface area contributed by atoms with E-state index in [2.05, 4.69) is 41.9 Å². The predicted octanol–water partition coefficient (Wildman–Crippen LogP) is 5.91. The molecule has 0 amide bonds. The molecule has 0 bridgehead atoms. The molecule has 0 fully saturated rings. The van der Waals surface area contributed by atoms with Gasteiger partial charge in [0.15, 0.2) is 0 Å². The highest BCUT2D eigenvalue weighted by Crippen LogP contribution is 2.43. The van der Waals surface area contributed by atoms with Crippen LogP contribution in [0, 0.1) is 0 Å². The molecule has 1 aliphatic heterocycles. The molecule has 3 aromatic carbocycles. The monoisotopic (exact) mass is 634 g/mol. The molecule has 3 aromatic rings. The highest BCUT2D eigenvalue weighted by atomic mass is 32.2. The van der Waals surface area contributed by atoms with Gasteiger partial charge >= 0.3 is 0 Å². The van der Waals surface area contributed by atoms with E-state index in [-0.39, 0.29) is 10.5 Å². The molecule has 2 N–H and O–H groups in total. The predicted molar refractivity (Wildman–Crippen MR) is 175 cm³/mol. The van der Waals surface area contributed by atoms with Crippen molar-refractivity contribution >= 4 is 42.5 Å². The number of nitrogens with one attached hydrogen (secondary N) is 1. The fourth-order valence-electron chi connectivity index (χ4n) is 5.54. The number of fused-ring (bicyclic) bond motifs is 2. The molecule has 230 valence electrons. The molecule has 1 aliphatic carbocycles. The van der Waals surface area contributed by atoms with Crippen LogP contribution in [0.25, 0.3) is 33.4 Å². The van der Waals surface area contributed by atoms with Crippen LogP contribution in [0.4, 0.5) is 11.4 Å². The summed E-state index contributed by atoms with van der Waals surface area (Å²) in [4.78, 5) is 1.34. The smallest absolute Gasteiger partial charge is 0.295 e. The number of rotatable bonds is 10. The van der Waals surface area contributed by atoms with Crippen LogP contribution in [0.3, 0.4) is 0 Å². The van der Waals surface area contributed by atoms with Gasteiger partial charge in [0.2, 0.25) is 5.36 Å². The van der Waals surface area contributed by atoms with E-state index in [1.54, 1.807) is 30.3 Å². The van der Waals surface area contributed by atoms with Gasteiger partial charge in [-0.25, -0.2) is 13.0 Å². The van der Waals surface area contributed by atoms with Crippen molar-refractivity contribution in [3.05, 3.63) is 90.3 Å². The Bertz CT molecular complexity index is 2080. The normalized spacial score (nSPS) is 12.0. The van der Waals surface area contributed by atoms with E-state index in [0.29, 0.717) is 33.5 Å². The molecule has 11 heteroatoms. The lowest BCUT2D eigenvalue weighted by atomic mass is 9.93. The number of hydrogen-bond acceptors (Lipinski definition) is 6. The largest absolute Gasteiger partial charge is 0.456 e. The molecule has 1 heterocycles. The van der Waals surface area contributed by atoms with Crippen molar-refractivity contribution in [3.63, 3.8) is 0 Å². The van der Waals surface area contributed by atoms with Crippen LogP contribution in [0.15, 0.2) is 99.1 Å². The van der Waals surface area contributed by atoms with E-state index >= 15 is 0 Å². The summed E-state index contributed by atoms with van der Waals surface area (Å²) < 4.78 is 73.8. The number of nitrogens with zero attached hydrogens (tertiary/aromatic N) is 2. The third-order valence-electron chi connectivity index (χ3n) is 7.78. The molecular weight excluding hydrogens is 599 g/mol.